The predicted octanol–water partition coefficient (Wildman–Crippen LogP) is 5.29. The van der Waals surface area contributed by atoms with E-state index in [1.807, 2.05) is 0 Å². The number of nitrogens with one attached hydrogen (secondary N) is 1. The molecule has 1 aliphatic carbocycles. The Kier molecular flexibility index (Phi) is 8.07. The van der Waals surface area contributed by atoms with Gasteiger partial charge < -0.3 is 14.8 Å². The summed E-state index contributed by atoms with van der Waals surface area (Å²) in [5.74, 6) is 0.579. The smallest absolute Gasteiger partial charge is 0.264 e. The summed E-state index contributed by atoms with van der Waals surface area (Å²) in [7, 11) is 0.571. The Hall–Kier alpha value is -3.52. The van der Waals surface area contributed by atoms with Crippen LogP contribution >= 0.6 is 0 Å². The van der Waals surface area contributed by atoms with Crippen LogP contribution in [0.5, 0.6) is 11.5 Å². The second-order valence-electron chi connectivity index (χ2n) is 9.21. The fraction of sp³-hybridized carbons (Fsp3) is 0.345. The number of ether oxygens (including phenoxy) is 2. The fourth-order valence-electron chi connectivity index (χ4n) is 4.73. The van der Waals surface area contributed by atoms with Crippen LogP contribution in [0.3, 0.4) is 0 Å². The molecule has 0 spiro atoms. The third-order valence-electron chi connectivity index (χ3n) is 6.99. The lowest BCUT2D eigenvalue weighted by Crippen LogP contribution is -2.29. The molecule has 1 amide bonds. The molecule has 7 nitrogen and oxygen atoms in total. The number of benzene rings is 3. The molecule has 0 heterocycles. The summed E-state index contributed by atoms with van der Waals surface area (Å²) in [6, 6.07) is 17.5. The van der Waals surface area contributed by atoms with Crippen molar-refractivity contribution in [3.05, 3.63) is 82.9 Å². The molecule has 196 valence electrons. The fourth-order valence-corrected chi connectivity index (χ4v) is 5.94. The molecule has 0 aromatic heterocycles. The van der Waals surface area contributed by atoms with Crippen molar-refractivity contribution in [1.29, 1.82) is 0 Å². The second kappa shape index (κ2) is 11.3. The molecule has 0 fully saturated rings. The van der Waals surface area contributed by atoms with E-state index in [1.165, 1.54) is 61.7 Å². The first kappa shape index (κ1) is 26.5. The number of aryl methyl sites for hydroxylation is 2. The van der Waals surface area contributed by atoms with E-state index in [4.69, 9.17) is 9.47 Å². The van der Waals surface area contributed by atoms with Gasteiger partial charge in [0.2, 0.25) is 0 Å². The number of carbonyl (C=O) groups excluding carboxylic acids is 1. The molecule has 0 saturated heterocycles. The van der Waals surface area contributed by atoms with E-state index in [9.17, 15) is 13.2 Å². The van der Waals surface area contributed by atoms with Crippen molar-refractivity contribution in [2.24, 2.45) is 0 Å². The number of hydrogen-bond acceptors (Lipinski definition) is 5. The van der Waals surface area contributed by atoms with E-state index in [1.54, 1.807) is 30.3 Å². The molecular weight excluding hydrogens is 488 g/mol. The summed E-state index contributed by atoms with van der Waals surface area (Å²) >= 11 is 0. The molecule has 4 rings (SSSR count). The predicted molar refractivity (Wildman–Crippen MR) is 145 cm³/mol. The molecule has 0 saturated carbocycles. The third-order valence-corrected chi connectivity index (χ3v) is 8.78. The highest BCUT2D eigenvalue weighted by Gasteiger charge is 2.24. The van der Waals surface area contributed by atoms with Crippen LogP contribution in [-0.2, 0) is 22.9 Å². The first-order valence-electron chi connectivity index (χ1n) is 12.5. The molecule has 0 radical (unpaired) electrons. The molecule has 1 atom stereocenters. The van der Waals surface area contributed by atoms with Crippen LogP contribution in [0.15, 0.2) is 65.6 Å². The minimum absolute atomic E-state index is 0.0744. The summed E-state index contributed by atoms with van der Waals surface area (Å²) in [6.07, 6.45) is 5.44. The molecular formula is C29H34N2O5S. The number of sulfonamides is 1. The molecule has 1 aliphatic rings. The van der Waals surface area contributed by atoms with Crippen molar-refractivity contribution in [2.45, 2.75) is 50.0 Å². The number of nitrogens with zero attached hydrogens (tertiary/aromatic N) is 1. The standard InChI is InChI=1S/C29H34N2O5S/c1-5-26(23-11-10-20-8-6-7-9-22(20)18-23)30-29(32)21-12-14-24(15-13-21)31(2)37(33,34)25-16-17-27(35-3)28(19-25)36-4/h10-19,26H,5-9H2,1-4H3,(H,30,32). The number of methoxy groups -OCH3 is 2. The Labute approximate surface area is 219 Å². The lowest BCUT2D eigenvalue weighted by Gasteiger charge is -2.22. The zero-order chi connectivity index (χ0) is 26.6. The van der Waals surface area contributed by atoms with Crippen LogP contribution in [0, 0.1) is 0 Å². The minimum atomic E-state index is -3.85. The maximum atomic E-state index is 13.2. The quantitative estimate of drug-likeness (QED) is 0.413. The molecule has 0 bridgehead atoms. The topological polar surface area (TPSA) is 84.9 Å². The van der Waals surface area contributed by atoms with Crippen LogP contribution < -0.4 is 19.1 Å². The zero-order valence-corrected chi connectivity index (χ0v) is 22.6. The van der Waals surface area contributed by atoms with Gasteiger partial charge in [0.05, 0.1) is 30.8 Å². The number of hydrogen-bond donors (Lipinski definition) is 1. The Morgan fingerprint density at radius 3 is 2.24 bits per heavy atom. The summed E-state index contributed by atoms with van der Waals surface area (Å²) < 4.78 is 38.1. The summed E-state index contributed by atoms with van der Waals surface area (Å²) in [5, 5.41) is 3.14. The average Bonchev–Trinajstić information content (AvgIpc) is 2.94. The van der Waals surface area contributed by atoms with Gasteiger partial charge in [0.15, 0.2) is 11.5 Å². The lowest BCUT2D eigenvalue weighted by molar-refractivity contribution is 0.0935. The average molecular weight is 523 g/mol. The van der Waals surface area contributed by atoms with Crippen molar-refractivity contribution >= 4 is 21.6 Å². The lowest BCUT2D eigenvalue weighted by atomic mass is 9.88. The number of anilines is 1. The van der Waals surface area contributed by atoms with Crippen molar-refractivity contribution in [2.75, 3.05) is 25.6 Å². The Balaban J connectivity index is 1.49. The SMILES string of the molecule is CCC(NC(=O)c1ccc(N(C)S(=O)(=O)c2ccc(OC)c(OC)c2)cc1)c1ccc2c(c1)CCCC2. The summed E-state index contributed by atoms with van der Waals surface area (Å²) in [5.41, 5.74) is 4.83. The van der Waals surface area contributed by atoms with Crippen LogP contribution in [-0.4, -0.2) is 35.6 Å². The maximum absolute atomic E-state index is 13.2. The van der Waals surface area contributed by atoms with E-state index in [0.29, 0.717) is 22.7 Å². The minimum Gasteiger partial charge on any atom is -0.493 e. The van der Waals surface area contributed by atoms with E-state index in [2.05, 4.69) is 30.4 Å². The maximum Gasteiger partial charge on any atom is 0.264 e. The highest BCUT2D eigenvalue weighted by atomic mass is 32.2. The van der Waals surface area contributed by atoms with E-state index >= 15 is 0 Å². The molecule has 1 N–H and O–H groups in total. The molecule has 8 heteroatoms. The number of amides is 1. The number of rotatable bonds is 9. The van der Waals surface area contributed by atoms with Gasteiger partial charge in [-0.3, -0.25) is 9.10 Å². The third kappa shape index (κ3) is 5.59. The van der Waals surface area contributed by atoms with Crippen molar-refractivity contribution in [3.8, 4) is 11.5 Å². The number of fused-ring (bicyclic) bond motifs is 1. The van der Waals surface area contributed by atoms with Crippen molar-refractivity contribution < 1.29 is 22.7 Å². The first-order chi connectivity index (χ1) is 17.8. The van der Waals surface area contributed by atoms with Crippen LogP contribution in [0.4, 0.5) is 5.69 Å². The largest absolute Gasteiger partial charge is 0.493 e. The Bertz CT molecular complexity index is 1370. The van der Waals surface area contributed by atoms with Gasteiger partial charge in [-0.25, -0.2) is 8.42 Å². The normalized spacial score (nSPS) is 13.8. The molecule has 1 unspecified atom stereocenters. The first-order valence-corrected chi connectivity index (χ1v) is 14.0. The van der Waals surface area contributed by atoms with Gasteiger partial charge in [0, 0.05) is 18.7 Å². The van der Waals surface area contributed by atoms with Crippen LogP contribution in [0.25, 0.3) is 0 Å². The van der Waals surface area contributed by atoms with Gasteiger partial charge in [-0.15, -0.1) is 0 Å². The van der Waals surface area contributed by atoms with Gasteiger partial charge in [-0.1, -0.05) is 25.1 Å². The summed E-state index contributed by atoms with van der Waals surface area (Å²) in [4.78, 5) is 13.1. The highest BCUT2D eigenvalue weighted by Crippen LogP contribution is 2.32. The molecule has 3 aromatic rings. The van der Waals surface area contributed by atoms with E-state index in [0.717, 1.165) is 24.8 Å². The molecule has 3 aromatic carbocycles. The van der Waals surface area contributed by atoms with Crippen molar-refractivity contribution in [3.63, 3.8) is 0 Å². The summed E-state index contributed by atoms with van der Waals surface area (Å²) in [6.45, 7) is 2.06. The van der Waals surface area contributed by atoms with Gasteiger partial charge in [0.25, 0.3) is 15.9 Å². The van der Waals surface area contributed by atoms with Crippen molar-refractivity contribution in [1.82, 2.24) is 5.32 Å². The van der Waals surface area contributed by atoms with Gasteiger partial charge in [-0.05, 0) is 85.2 Å². The zero-order valence-electron chi connectivity index (χ0n) is 21.8. The van der Waals surface area contributed by atoms with Crippen LogP contribution in [0.2, 0.25) is 0 Å². The van der Waals surface area contributed by atoms with E-state index in [-0.39, 0.29) is 16.8 Å². The molecule has 37 heavy (non-hydrogen) atoms. The monoisotopic (exact) mass is 522 g/mol. The Morgan fingerprint density at radius 2 is 1.59 bits per heavy atom. The number of carbonyl (C=O) groups is 1. The molecule has 0 aliphatic heterocycles. The van der Waals surface area contributed by atoms with Gasteiger partial charge >= 0.3 is 0 Å². The van der Waals surface area contributed by atoms with E-state index < -0.39 is 10.0 Å². The second-order valence-corrected chi connectivity index (χ2v) is 11.2. The highest BCUT2D eigenvalue weighted by molar-refractivity contribution is 7.92. The van der Waals surface area contributed by atoms with Crippen LogP contribution in [0.1, 0.15) is 59.3 Å². The van der Waals surface area contributed by atoms with Gasteiger partial charge in [0.1, 0.15) is 0 Å². The Morgan fingerprint density at radius 1 is 0.919 bits per heavy atom. The van der Waals surface area contributed by atoms with Gasteiger partial charge in [-0.2, -0.15) is 0 Å².